The Labute approximate surface area is 138 Å². The quantitative estimate of drug-likeness (QED) is 0.669. The van der Waals surface area contributed by atoms with Crippen LogP contribution in [-0.4, -0.2) is 36.2 Å². The normalized spacial score (nSPS) is 11.9. The largest absolute Gasteiger partial charge is 0.497 e. The van der Waals surface area contributed by atoms with Crippen LogP contribution in [0.4, 0.5) is 0 Å². The lowest BCUT2D eigenvalue weighted by Gasteiger charge is -2.22. The zero-order valence-corrected chi connectivity index (χ0v) is 13.9. The minimum absolute atomic E-state index is 0.117. The molecule has 1 rings (SSSR count). The Balaban J connectivity index is 2.83. The summed E-state index contributed by atoms with van der Waals surface area (Å²) in [6.07, 6.45) is 7.75. The zero-order valence-electron chi connectivity index (χ0n) is 13.9. The molecule has 124 valence electrons. The fourth-order valence-electron chi connectivity index (χ4n) is 2.19. The smallest absolute Gasteiger partial charge is 0.304 e. The molecule has 0 saturated carbocycles. The molecule has 0 unspecified atom stereocenters. The minimum Gasteiger partial charge on any atom is -0.497 e. The molecule has 0 heterocycles. The average molecular weight is 315 g/mol. The van der Waals surface area contributed by atoms with Crippen LogP contribution < -0.4 is 4.74 Å². The number of nitrogens with zero attached hydrogens (tertiary/aromatic N) is 1. The second-order valence-electron chi connectivity index (χ2n) is 5.16. The number of hydrogen-bond acceptors (Lipinski definition) is 3. The van der Waals surface area contributed by atoms with Crippen LogP contribution in [-0.2, 0) is 11.3 Å². The second kappa shape index (κ2) is 10.4. The number of aliphatic carboxylic acids is 1. The second-order valence-corrected chi connectivity index (χ2v) is 5.16. The SMILES string of the molecule is C=C/C=C\C(=C/C)CN(CCC(=O)O)Cc1cccc(OC)c1. The Morgan fingerprint density at radius 3 is 2.83 bits per heavy atom. The highest BCUT2D eigenvalue weighted by Crippen LogP contribution is 2.15. The third-order valence-electron chi connectivity index (χ3n) is 3.41. The summed E-state index contributed by atoms with van der Waals surface area (Å²) in [5, 5.41) is 8.95. The van der Waals surface area contributed by atoms with Crippen molar-refractivity contribution in [3.63, 3.8) is 0 Å². The minimum atomic E-state index is -0.788. The van der Waals surface area contributed by atoms with E-state index in [4.69, 9.17) is 9.84 Å². The van der Waals surface area contributed by atoms with Crippen molar-refractivity contribution in [2.75, 3.05) is 20.2 Å². The van der Waals surface area contributed by atoms with Crippen LogP contribution in [0.3, 0.4) is 0 Å². The van der Waals surface area contributed by atoms with Crippen molar-refractivity contribution in [1.82, 2.24) is 4.90 Å². The van der Waals surface area contributed by atoms with Gasteiger partial charge in [0.25, 0.3) is 0 Å². The van der Waals surface area contributed by atoms with Gasteiger partial charge in [0, 0.05) is 19.6 Å². The molecule has 1 aromatic rings. The first-order chi connectivity index (χ1) is 11.1. The highest BCUT2D eigenvalue weighted by atomic mass is 16.5. The van der Waals surface area contributed by atoms with E-state index in [-0.39, 0.29) is 6.42 Å². The Kier molecular flexibility index (Phi) is 8.47. The highest BCUT2D eigenvalue weighted by Gasteiger charge is 2.10. The van der Waals surface area contributed by atoms with E-state index >= 15 is 0 Å². The van der Waals surface area contributed by atoms with E-state index in [1.165, 1.54) is 0 Å². The van der Waals surface area contributed by atoms with Crippen LogP contribution in [0, 0.1) is 0 Å². The van der Waals surface area contributed by atoms with Crippen LogP contribution in [0.15, 0.2) is 60.7 Å². The van der Waals surface area contributed by atoms with Crippen molar-refractivity contribution < 1.29 is 14.6 Å². The maximum absolute atomic E-state index is 10.9. The lowest BCUT2D eigenvalue weighted by Crippen LogP contribution is -2.28. The topological polar surface area (TPSA) is 49.8 Å². The predicted molar refractivity (Wildman–Crippen MR) is 93.6 cm³/mol. The number of carbonyl (C=O) groups is 1. The maximum atomic E-state index is 10.9. The van der Waals surface area contributed by atoms with E-state index in [0.29, 0.717) is 19.6 Å². The molecule has 4 heteroatoms. The number of methoxy groups -OCH3 is 1. The molecule has 0 aliphatic rings. The lowest BCUT2D eigenvalue weighted by molar-refractivity contribution is -0.137. The molecular weight excluding hydrogens is 290 g/mol. The van der Waals surface area contributed by atoms with Crippen molar-refractivity contribution in [3.8, 4) is 5.75 Å². The molecule has 0 radical (unpaired) electrons. The van der Waals surface area contributed by atoms with Gasteiger partial charge in [-0.15, -0.1) is 0 Å². The molecule has 1 N–H and O–H groups in total. The Morgan fingerprint density at radius 1 is 1.43 bits per heavy atom. The number of rotatable bonds is 10. The van der Waals surface area contributed by atoms with E-state index in [0.717, 1.165) is 16.9 Å². The summed E-state index contributed by atoms with van der Waals surface area (Å²) >= 11 is 0. The van der Waals surface area contributed by atoms with Gasteiger partial charge in [-0.05, 0) is 30.2 Å². The molecule has 0 aliphatic heterocycles. The van der Waals surface area contributed by atoms with Gasteiger partial charge in [0.05, 0.1) is 13.5 Å². The Morgan fingerprint density at radius 2 is 2.22 bits per heavy atom. The molecule has 1 aromatic carbocycles. The number of ether oxygens (including phenoxy) is 1. The van der Waals surface area contributed by atoms with Crippen LogP contribution in [0.25, 0.3) is 0 Å². The molecule has 0 atom stereocenters. The summed E-state index contributed by atoms with van der Waals surface area (Å²) in [4.78, 5) is 13.0. The first kappa shape index (κ1) is 18.7. The van der Waals surface area contributed by atoms with Crippen molar-refractivity contribution >= 4 is 5.97 Å². The summed E-state index contributed by atoms with van der Waals surface area (Å²) in [5.41, 5.74) is 2.22. The van der Waals surface area contributed by atoms with Gasteiger partial charge in [-0.25, -0.2) is 0 Å². The highest BCUT2D eigenvalue weighted by molar-refractivity contribution is 5.66. The monoisotopic (exact) mass is 315 g/mol. The summed E-state index contributed by atoms with van der Waals surface area (Å²) in [6, 6.07) is 7.83. The van der Waals surface area contributed by atoms with Crippen LogP contribution in [0.1, 0.15) is 18.9 Å². The standard InChI is InChI=1S/C19H25NO3/c1-4-6-8-16(5-2)14-20(12-11-19(21)22)15-17-9-7-10-18(13-17)23-3/h4-10,13H,1,11-12,14-15H2,2-3H3,(H,21,22)/b8-6-,16-5+. The van der Waals surface area contributed by atoms with Gasteiger partial charge >= 0.3 is 5.97 Å². The molecule has 0 fully saturated rings. The number of benzene rings is 1. The van der Waals surface area contributed by atoms with Gasteiger partial charge < -0.3 is 9.84 Å². The molecule has 0 spiro atoms. The van der Waals surface area contributed by atoms with Gasteiger partial charge in [0.2, 0.25) is 0 Å². The number of hydrogen-bond donors (Lipinski definition) is 1. The molecule has 0 aliphatic carbocycles. The van der Waals surface area contributed by atoms with E-state index < -0.39 is 5.97 Å². The molecule has 23 heavy (non-hydrogen) atoms. The van der Waals surface area contributed by atoms with Crippen molar-refractivity contribution in [3.05, 3.63) is 66.3 Å². The Bertz CT molecular complexity index is 576. The summed E-state index contributed by atoms with van der Waals surface area (Å²) in [7, 11) is 1.64. The molecule has 4 nitrogen and oxygen atoms in total. The Hall–Kier alpha value is -2.33. The third-order valence-corrected chi connectivity index (χ3v) is 3.41. The summed E-state index contributed by atoms with van der Waals surface area (Å²) < 4.78 is 5.24. The molecule has 0 bridgehead atoms. The van der Waals surface area contributed by atoms with Crippen molar-refractivity contribution in [2.45, 2.75) is 19.9 Å². The zero-order chi connectivity index (χ0) is 17.1. The first-order valence-electron chi connectivity index (χ1n) is 7.60. The van der Waals surface area contributed by atoms with Crippen molar-refractivity contribution in [1.29, 1.82) is 0 Å². The van der Waals surface area contributed by atoms with Crippen LogP contribution >= 0.6 is 0 Å². The number of carboxylic acid groups (broad SMARTS) is 1. The maximum Gasteiger partial charge on any atom is 0.304 e. The van der Waals surface area contributed by atoms with E-state index in [1.807, 2.05) is 49.4 Å². The number of carboxylic acids is 1. The molecule has 0 amide bonds. The van der Waals surface area contributed by atoms with E-state index in [1.54, 1.807) is 13.2 Å². The van der Waals surface area contributed by atoms with Gasteiger partial charge in [-0.3, -0.25) is 9.69 Å². The van der Waals surface area contributed by atoms with Crippen LogP contribution in [0.2, 0.25) is 0 Å². The van der Waals surface area contributed by atoms with Crippen LogP contribution in [0.5, 0.6) is 5.75 Å². The van der Waals surface area contributed by atoms with Gasteiger partial charge in [-0.1, -0.05) is 43.0 Å². The third kappa shape index (κ3) is 7.47. The lowest BCUT2D eigenvalue weighted by atomic mass is 10.1. The van der Waals surface area contributed by atoms with E-state index in [2.05, 4.69) is 11.5 Å². The first-order valence-corrected chi connectivity index (χ1v) is 7.60. The number of allylic oxidation sites excluding steroid dienone is 3. The average Bonchev–Trinajstić information content (AvgIpc) is 2.56. The molecule has 0 saturated heterocycles. The predicted octanol–water partition coefficient (Wildman–Crippen LogP) is 3.66. The van der Waals surface area contributed by atoms with Gasteiger partial charge in [0.15, 0.2) is 0 Å². The van der Waals surface area contributed by atoms with E-state index in [9.17, 15) is 4.79 Å². The summed E-state index contributed by atoms with van der Waals surface area (Å²) in [5.74, 6) is 0.0165. The van der Waals surface area contributed by atoms with Gasteiger partial charge in [0.1, 0.15) is 5.75 Å². The van der Waals surface area contributed by atoms with Crippen molar-refractivity contribution in [2.24, 2.45) is 0 Å². The summed E-state index contributed by atoms with van der Waals surface area (Å²) in [6.45, 7) is 7.50. The molecule has 0 aromatic heterocycles. The fourth-order valence-corrected chi connectivity index (χ4v) is 2.19. The van der Waals surface area contributed by atoms with Gasteiger partial charge in [-0.2, -0.15) is 0 Å². The molecular formula is C19H25NO3. The fraction of sp³-hybridized carbons (Fsp3) is 0.316.